The van der Waals surface area contributed by atoms with Crippen molar-refractivity contribution < 1.29 is 19.8 Å². The number of hydrogen-bond donors (Lipinski definition) is 3. The van der Waals surface area contributed by atoms with E-state index in [1.165, 1.54) is 12.1 Å². The molecule has 2 aromatic heterocycles. The Morgan fingerprint density at radius 2 is 1.42 bits per heavy atom. The van der Waals surface area contributed by atoms with Gasteiger partial charge in [0.15, 0.2) is 16.5 Å². The predicted octanol–water partition coefficient (Wildman–Crippen LogP) is 4.41. The lowest BCUT2D eigenvalue weighted by Gasteiger charge is -2.04. The Morgan fingerprint density at radius 1 is 0.875 bits per heavy atom. The molecule has 0 atom stereocenters. The fraction of sp³-hybridized carbons (Fsp3) is 0. The van der Waals surface area contributed by atoms with E-state index < -0.39 is 17.6 Å². The normalized spacial score (nSPS) is 9.88. The number of carboxylic acid groups (broad SMARTS) is 2. The Bertz CT molecular complexity index is 816. The third kappa shape index (κ3) is 4.99. The van der Waals surface area contributed by atoms with Crippen molar-refractivity contribution in [2.24, 2.45) is 0 Å². The highest BCUT2D eigenvalue weighted by atomic mass is 35.5. The van der Waals surface area contributed by atoms with Gasteiger partial charge < -0.3 is 15.9 Å². The topological polar surface area (TPSA) is 126 Å². The Morgan fingerprint density at radius 3 is 1.88 bits per heavy atom. The average Bonchev–Trinajstić information content (AvgIpc) is 2.51. The highest BCUT2D eigenvalue weighted by Crippen LogP contribution is 2.34. The molecule has 0 bridgehead atoms. The molecular formula is C12H6Cl5N3O4. The van der Waals surface area contributed by atoms with Gasteiger partial charge in [0.05, 0.1) is 15.7 Å². The first-order valence-electron chi connectivity index (χ1n) is 5.64. The standard InChI is InChI=1S/C6H3Cl3N2O2.C6H3Cl2NO2/c7-1-3(10)2(8)5(9)11-4(1)6(12)13;7-3-1-2-4(8)9-5(3)6(10)11/h(H2,10,11)(H,12,13);1-2H,(H,10,11). The molecule has 2 heterocycles. The minimum Gasteiger partial charge on any atom is -0.476 e. The van der Waals surface area contributed by atoms with Crippen molar-refractivity contribution in [2.75, 3.05) is 5.73 Å². The Labute approximate surface area is 159 Å². The zero-order valence-corrected chi connectivity index (χ0v) is 15.0. The maximum atomic E-state index is 10.5. The summed E-state index contributed by atoms with van der Waals surface area (Å²) in [6.07, 6.45) is 0. The van der Waals surface area contributed by atoms with E-state index in [-0.39, 0.29) is 36.8 Å². The molecule has 24 heavy (non-hydrogen) atoms. The molecule has 0 fully saturated rings. The van der Waals surface area contributed by atoms with Crippen LogP contribution in [0.2, 0.25) is 25.4 Å². The van der Waals surface area contributed by atoms with Gasteiger partial charge in [0.25, 0.3) is 0 Å². The van der Waals surface area contributed by atoms with E-state index in [0.717, 1.165) is 0 Å². The maximum Gasteiger partial charge on any atom is 0.356 e. The molecule has 0 saturated heterocycles. The van der Waals surface area contributed by atoms with Crippen LogP contribution in [0.25, 0.3) is 0 Å². The Balaban J connectivity index is 0.000000243. The molecule has 0 aliphatic heterocycles. The molecular weight excluding hydrogens is 427 g/mol. The molecule has 0 amide bonds. The van der Waals surface area contributed by atoms with Crippen LogP contribution < -0.4 is 5.73 Å². The zero-order chi connectivity index (χ0) is 18.6. The molecule has 0 aromatic carbocycles. The van der Waals surface area contributed by atoms with Crippen LogP contribution in [0.3, 0.4) is 0 Å². The number of carboxylic acids is 2. The lowest BCUT2D eigenvalue weighted by Crippen LogP contribution is -2.04. The molecule has 0 radical (unpaired) electrons. The lowest BCUT2D eigenvalue weighted by atomic mass is 10.3. The number of nitrogens with two attached hydrogens (primary N) is 1. The monoisotopic (exact) mass is 431 g/mol. The van der Waals surface area contributed by atoms with Gasteiger partial charge in [0, 0.05) is 0 Å². The number of anilines is 1. The van der Waals surface area contributed by atoms with E-state index in [2.05, 4.69) is 9.97 Å². The van der Waals surface area contributed by atoms with E-state index in [1.807, 2.05) is 0 Å². The smallest absolute Gasteiger partial charge is 0.356 e. The number of aromatic nitrogens is 2. The number of halogens is 5. The summed E-state index contributed by atoms with van der Waals surface area (Å²) in [5.41, 5.74) is 4.66. The number of carbonyl (C=O) groups is 2. The molecule has 12 heteroatoms. The van der Waals surface area contributed by atoms with Crippen molar-refractivity contribution in [1.82, 2.24) is 9.97 Å². The van der Waals surface area contributed by atoms with Crippen LogP contribution in [0.5, 0.6) is 0 Å². The second kappa shape index (κ2) is 8.55. The summed E-state index contributed by atoms with van der Waals surface area (Å²) in [4.78, 5) is 27.9. The highest BCUT2D eigenvalue weighted by molar-refractivity contribution is 6.46. The van der Waals surface area contributed by atoms with Gasteiger partial charge in [0.1, 0.15) is 10.2 Å². The Kier molecular flexibility index (Phi) is 7.31. The predicted molar refractivity (Wildman–Crippen MR) is 91.9 cm³/mol. The van der Waals surface area contributed by atoms with Crippen LogP contribution >= 0.6 is 58.0 Å². The Hall–Kier alpha value is -1.51. The number of rotatable bonds is 2. The summed E-state index contributed by atoms with van der Waals surface area (Å²) in [5.74, 6) is -2.49. The van der Waals surface area contributed by atoms with Crippen molar-refractivity contribution in [2.45, 2.75) is 0 Å². The van der Waals surface area contributed by atoms with Crippen molar-refractivity contribution in [1.29, 1.82) is 0 Å². The number of nitrogen functional groups attached to an aromatic ring is 1. The first-order chi connectivity index (χ1) is 11.1. The molecule has 2 aromatic rings. The number of hydrogen-bond acceptors (Lipinski definition) is 5. The first kappa shape index (κ1) is 20.5. The minimum absolute atomic E-state index is 0.0448. The minimum atomic E-state index is -1.31. The molecule has 0 saturated carbocycles. The van der Waals surface area contributed by atoms with Gasteiger partial charge in [-0.2, -0.15) is 0 Å². The SMILES string of the molecule is Nc1c(Cl)c(Cl)nc(C(=O)O)c1Cl.O=C(O)c1nc(Cl)ccc1Cl. The van der Waals surface area contributed by atoms with Gasteiger partial charge in [0.2, 0.25) is 0 Å². The quantitative estimate of drug-likeness (QED) is 0.599. The molecule has 4 N–H and O–H groups in total. The summed E-state index contributed by atoms with van der Waals surface area (Å²) in [5, 5.41) is 16.9. The van der Waals surface area contributed by atoms with Crippen LogP contribution in [0.15, 0.2) is 12.1 Å². The van der Waals surface area contributed by atoms with Gasteiger partial charge in [-0.05, 0) is 12.1 Å². The van der Waals surface area contributed by atoms with Crippen molar-refractivity contribution >= 4 is 75.6 Å². The third-order valence-corrected chi connectivity index (χ3v) is 3.94. The molecule has 7 nitrogen and oxygen atoms in total. The zero-order valence-electron chi connectivity index (χ0n) is 11.2. The maximum absolute atomic E-state index is 10.5. The van der Waals surface area contributed by atoms with Crippen molar-refractivity contribution in [3.8, 4) is 0 Å². The molecule has 2 rings (SSSR count). The van der Waals surface area contributed by atoms with E-state index in [0.29, 0.717) is 0 Å². The molecule has 0 aliphatic carbocycles. The van der Waals surface area contributed by atoms with E-state index in [1.54, 1.807) is 0 Å². The van der Waals surface area contributed by atoms with Gasteiger partial charge in [-0.25, -0.2) is 19.6 Å². The van der Waals surface area contributed by atoms with Gasteiger partial charge >= 0.3 is 11.9 Å². The largest absolute Gasteiger partial charge is 0.476 e. The van der Waals surface area contributed by atoms with E-state index in [9.17, 15) is 9.59 Å². The van der Waals surface area contributed by atoms with Gasteiger partial charge in [-0.15, -0.1) is 0 Å². The number of nitrogens with zero attached hydrogens (tertiary/aromatic N) is 2. The van der Waals surface area contributed by atoms with Crippen LogP contribution in [0, 0.1) is 0 Å². The molecule has 0 aliphatic rings. The first-order valence-corrected chi connectivity index (χ1v) is 7.53. The highest BCUT2D eigenvalue weighted by Gasteiger charge is 2.18. The summed E-state index contributed by atoms with van der Waals surface area (Å²) in [7, 11) is 0. The summed E-state index contributed by atoms with van der Waals surface area (Å²) < 4.78 is 0. The van der Waals surface area contributed by atoms with Crippen LogP contribution in [0.4, 0.5) is 5.69 Å². The fourth-order valence-electron chi connectivity index (χ4n) is 1.24. The van der Waals surface area contributed by atoms with Gasteiger partial charge in [-0.3, -0.25) is 0 Å². The fourth-order valence-corrected chi connectivity index (χ4v) is 2.16. The molecule has 0 spiro atoms. The molecule has 128 valence electrons. The summed E-state index contributed by atoms with van der Waals surface area (Å²) in [6, 6.07) is 2.82. The summed E-state index contributed by atoms with van der Waals surface area (Å²) >= 11 is 27.5. The molecule has 0 unspecified atom stereocenters. The van der Waals surface area contributed by atoms with E-state index in [4.69, 9.17) is 74.0 Å². The van der Waals surface area contributed by atoms with E-state index >= 15 is 0 Å². The van der Waals surface area contributed by atoms with Crippen molar-refractivity contribution in [3.63, 3.8) is 0 Å². The number of aromatic carboxylic acids is 2. The van der Waals surface area contributed by atoms with Crippen LogP contribution in [-0.4, -0.2) is 32.1 Å². The van der Waals surface area contributed by atoms with Crippen molar-refractivity contribution in [3.05, 3.63) is 48.9 Å². The van der Waals surface area contributed by atoms with Crippen LogP contribution in [-0.2, 0) is 0 Å². The van der Waals surface area contributed by atoms with Gasteiger partial charge in [-0.1, -0.05) is 58.0 Å². The third-order valence-electron chi connectivity index (χ3n) is 2.29. The second-order valence-electron chi connectivity index (χ2n) is 3.87. The average molecular weight is 433 g/mol. The summed E-state index contributed by atoms with van der Waals surface area (Å²) in [6.45, 7) is 0. The number of pyridine rings is 2. The van der Waals surface area contributed by atoms with Crippen LogP contribution in [0.1, 0.15) is 21.0 Å². The lowest BCUT2D eigenvalue weighted by molar-refractivity contribution is 0.0680. The second-order valence-corrected chi connectivity index (χ2v) is 5.78.